The number of amides is 2. The van der Waals surface area contributed by atoms with Crippen LogP contribution in [0.2, 0.25) is 0 Å². The first-order valence-electron chi connectivity index (χ1n) is 6.67. The Morgan fingerprint density at radius 3 is 2.86 bits per heavy atom. The van der Waals surface area contributed by atoms with Crippen LogP contribution in [0.15, 0.2) is 27.3 Å². The Morgan fingerprint density at radius 1 is 1.32 bits per heavy atom. The van der Waals surface area contributed by atoms with Crippen molar-refractivity contribution in [2.75, 3.05) is 19.5 Å². The van der Waals surface area contributed by atoms with Crippen LogP contribution in [0.4, 0.5) is 4.79 Å². The minimum Gasteiger partial charge on any atom is -0.302 e. The van der Waals surface area contributed by atoms with E-state index in [0.29, 0.717) is 9.33 Å². The molecule has 1 fully saturated rings. The molecule has 2 aliphatic rings. The number of fused-ring (bicyclic) bond motifs is 2. The second-order valence-electron chi connectivity index (χ2n) is 5.17. The summed E-state index contributed by atoms with van der Waals surface area (Å²) in [5.74, 6) is 0. The van der Waals surface area contributed by atoms with Gasteiger partial charge in [-0.1, -0.05) is 17.4 Å². The predicted molar refractivity (Wildman–Crippen MR) is 85.1 cm³/mol. The number of nitrogens with one attached hydrogen (secondary N) is 1. The van der Waals surface area contributed by atoms with Gasteiger partial charge in [0, 0.05) is 19.0 Å². The third-order valence-electron chi connectivity index (χ3n) is 3.83. The van der Waals surface area contributed by atoms with Crippen LogP contribution < -0.4 is 20.3 Å². The van der Waals surface area contributed by atoms with Crippen LogP contribution in [0.1, 0.15) is 4.88 Å². The number of carbonyl (C=O) groups is 1. The average Bonchev–Trinajstić information content (AvgIpc) is 3.17. The van der Waals surface area contributed by atoms with Crippen molar-refractivity contribution in [3.63, 3.8) is 0 Å². The fourth-order valence-corrected chi connectivity index (χ4v) is 4.31. The second-order valence-corrected chi connectivity index (χ2v) is 7.16. The summed E-state index contributed by atoms with van der Waals surface area (Å²) in [7, 11) is 3.42. The summed E-state index contributed by atoms with van der Waals surface area (Å²) < 4.78 is 2.07. The van der Waals surface area contributed by atoms with Gasteiger partial charge in [-0.15, -0.1) is 11.3 Å². The number of urea groups is 1. The minimum atomic E-state index is -0.327. The monoisotopic (exact) mass is 335 g/mol. The lowest BCUT2D eigenvalue weighted by Crippen LogP contribution is -2.54. The van der Waals surface area contributed by atoms with E-state index in [9.17, 15) is 9.59 Å². The standard InChI is InChI=1S/C13H13N5O2S2/c1-16-9-10(17(2)13(16)20)15-18-11(19)8(22-12(18)14-9)6-7-4-3-5-21-7/h3-6,9-10,15H,1-2H3/b8-6-. The van der Waals surface area contributed by atoms with E-state index in [1.807, 2.05) is 23.6 Å². The smallest absolute Gasteiger partial charge is 0.302 e. The SMILES string of the molecule is CN1C(=O)N(C)C2Nn3c(s/c(=C\c4cccs4)c3=O)=NC21. The van der Waals surface area contributed by atoms with Crippen LogP contribution in [-0.4, -0.2) is 46.9 Å². The molecule has 2 aromatic heterocycles. The number of hydrogen-bond acceptors (Lipinski definition) is 6. The molecule has 0 aliphatic carbocycles. The molecule has 22 heavy (non-hydrogen) atoms. The van der Waals surface area contributed by atoms with Crippen LogP contribution in [0.3, 0.4) is 0 Å². The molecule has 0 radical (unpaired) electrons. The number of likely N-dealkylation sites (N-methyl/N-ethyl adjacent to an activating group) is 2. The van der Waals surface area contributed by atoms with E-state index in [1.54, 1.807) is 35.2 Å². The largest absolute Gasteiger partial charge is 0.323 e. The van der Waals surface area contributed by atoms with Gasteiger partial charge in [0.1, 0.15) is 0 Å². The zero-order chi connectivity index (χ0) is 15.4. The maximum absolute atomic E-state index is 12.5. The van der Waals surface area contributed by atoms with Crippen LogP contribution in [0.25, 0.3) is 6.08 Å². The maximum atomic E-state index is 12.5. The third-order valence-corrected chi connectivity index (χ3v) is 5.63. The summed E-state index contributed by atoms with van der Waals surface area (Å²) in [5.41, 5.74) is 2.97. The van der Waals surface area contributed by atoms with Crippen molar-refractivity contribution in [2.24, 2.45) is 4.99 Å². The Bertz CT molecular complexity index is 913. The highest BCUT2D eigenvalue weighted by Gasteiger charge is 2.44. The number of thiazole rings is 1. The Labute approximate surface area is 133 Å². The molecule has 2 aliphatic heterocycles. The Hall–Kier alpha value is -2.13. The van der Waals surface area contributed by atoms with Gasteiger partial charge in [0.15, 0.2) is 12.3 Å². The van der Waals surface area contributed by atoms with E-state index in [1.165, 1.54) is 16.0 Å². The number of hydrogen-bond donors (Lipinski definition) is 1. The Balaban J connectivity index is 1.86. The first-order valence-corrected chi connectivity index (χ1v) is 8.37. The quantitative estimate of drug-likeness (QED) is 0.773. The zero-order valence-corrected chi connectivity index (χ0v) is 13.5. The number of rotatable bonds is 1. The molecule has 0 bridgehead atoms. The lowest BCUT2D eigenvalue weighted by atomic mass is 10.4. The highest BCUT2D eigenvalue weighted by molar-refractivity contribution is 7.11. The Kier molecular flexibility index (Phi) is 2.88. The summed E-state index contributed by atoms with van der Waals surface area (Å²) in [6.07, 6.45) is 1.23. The molecule has 2 amide bonds. The summed E-state index contributed by atoms with van der Waals surface area (Å²) >= 11 is 2.91. The van der Waals surface area contributed by atoms with Gasteiger partial charge in [-0.2, -0.15) is 4.68 Å². The van der Waals surface area contributed by atoms with Gasteiger partial charge in [-0.05, 0) is 17.5 Å². The molecule has 0 saturated carbocycles. The maximum Gasteiger partial charge on any atom is 0.323 e. The number of aromatic nitrogens is 1. The van der Waals surface area contributed by atoms with Crippen LogP contribution >= 0.6 is 22.7 Å². The summed E-state index contributed by atoms with van der Waals surface area (Å²) in [6.45, 7) is 0. The van der Waals surface area contributed by atoms with Crippen LogP contribution in [-0.2, 0) is 0 Å². The average molecular weight is 335 g/mol. The van der Waals surface area contributed by atoms with Gasteiger partial charge in [-0.25, -0.2) is 9.79 Å². The molecule has 4 heterocycles. The second kappa shape index (κ2) is 4.68. The molecule has 7 nitrogen and oxygen atoms in total. The van der Waals surface area contributed by atoms with Crippen molar-refractivity contribution in [1.29, 1.82) is 0 Å². The fraction of sp³-hybridized carbons (Fsp3) is 0.308. The molecular weight excluding hydrogens is 322 g/mol. The number of carbonyl (C=O) groups excluding carboxylic acids is 1. The van der Waals surface area contributed by atoms with Crippen LogP contribution in [0.5, 0.6) is 0 Å². The van der Waals surface area contributed by atoms with Crippen molar-refractivity contribution in [1.82, 2.24) is 14.5 Å². The highest BCUT2D eigenvalue weighted by atomic mass is 32.1. The highest BCUT2D eigenvalue weighted by Crippen LogP contribution is 2.20. The number of nitrogens with zero attached hydrogens (tertiary/aromatic N) is 4. The predicted octanol–water partition coefficient (Wildman–Crippen LogP) is -0.374. The molecule has 2 aromatic rings. The molecule has 2 atom stereocenters. The molecule has 1 N–H and O–H groups in total. The summed E-state index contributed by atoms with van der Waals surface area (Å²) in [4.78, 5) is 33.8. The summed E-state index contributed by atoms with van der Waals surface area (Å²) in [6, 6.07) is 3.80. The molecule has 0 spiro atoms. The van der Waals surface area contributed by atoms with E-state index in [2.05, 4.69) is 10.4 Å². The molecule has 2 unspecified atom stereocenters. The van der Waals surface area contributed by atoms with Crippen molar-refractivity contribution in [3.05, 3.63) is 42.1 Å². The van der Waals surface area contributed by atoms with E-state index in [-0.39, 0.29) is 23.9 Å². The van der Waals surface area contributed by atoms with Crippen molar-refractivity contribution in [2.45, 2.75) is 12.3 Å². The topological polar surface area (TPSA) is 69.9 Å². The van der Waals surface area contributed by atoms with Gasteiger partial charge < -0.3 is 9.80 Å². The van der Waals surface area contributed by atoms with Crippen molar-refractivity contribution in [3.8, 4) is 0 Å². The lowest BCUT2D eigenvalue weighted by molar-refractivity contribution is 0.200. The third kappa shape index (κ3) is 1.82. The van der Waals surface area contributed by atoms with Gasteiger partial charge in [0.2, 0.25) is 4.80 Å². The molecule has 9 heteroatoms. The molecule has 114 valence electrons. The van der Waals surface area contributed by atoms with Crippen molar-refractivity contribution >= 4 is 34.8 Å². The normalized spacial score (nSPS) is 24.1. The minimum absolute atomic E-state index is 0.111. The fourth-order valence-electron chi connectivity index (χ4n) is 2.63. The molecule has 4 rings (SSSR count). The van der Waals surface area contributed by atoms with E-state index < -0.39 is 0 Å². The lowest BCUT2D eigenvalue weighted by Gasteiger charge is -2.26. The zero-order valence-electron chi connectivity index (χ0n) is 11.9. The van der Waals surface area contributed by atoms with Gasteiger partial charge in [0.25, 0.3) is 5.56 Å². The van der Waals surface area contributed by atoms with Crippen molar-refractivity contribution < 1.29 is 4.79 Å². The van der Waals surface area contributed by atoms with E-state index >= 15 is 0 Å². The Morgan fingerprint density at radius 2 is 2.14 bits per heavy atom. The van der Waals surface area contributed by atoms with Gasteiger partial charge in [0.05, 0.1) is 4.53 Å². The van der Waals surface area contributed by atoms with E-state index in [0.717, 1.165) is 4.88 Å². The number of thiophene rings is 1. The first-order chi connectivity index (χ1) is 10.6. The van der Waals surface area contributed by atoms with Gasteiger partial charge >= 0.3 is 6.03 Å². The first kappa shape index (κ1) is 13.5. The van der Waals surface area contributed by atoms with E-state index in [4.69, 9.17) is 0 Å². The summed E-state index contributed by atoms with van der Waals surface area (Å²) in [5, 5.41) is 1.97. The molecule has 1 saturated heterocycles. The van der Waals surface area contributed by atoms with Gasteiger partial charge in [-0.3, -0.25) is 10.2 Å². The molecular formula is C13H13N5O2S2. The van der Waals surface area contributed by atoms with Crippen LogP contribution in [0, 0.1) is 0 Å². The molecule has 0 aromatic carbocycles.